The van der Waals surface area contributed by atoms with Gasteiger partial charge in [-0.05, 0) is 123 Å². The molecule has 3 aliphatic rings. The van der Waals surface area contributed by atoms with Crippen LogP contribution in [0.4, 0.5) is 17.1 Å². The average Bonchev–Trinajstić information content (AvgIpc) is 3.76. The molecule has 0 amide bonds. The van der Waals surface area contributed by atoms with Crippen LogP contribution in [0.1, 0.15) is 63.9 Å². The van der Waals surface area contributed by atoms with E-state index in [1.807, 2.05) is 0 Å². The lowest BCUT2D eigenvalue weighted by Gasteiger charge is -2.33. The van der Waals surface area contributed by atoms with Gasteiger partial charge in [-0.25, -0.2) is 0 Å². The molecule has 11 rings (SSSR count). The molecule has 3 aliphatic carbocycles. The topological polar surface area (TPSA) is 3.24 Å². The Bertz CT molecular complexity index is 2870. The van der Waals surface area contributed by atoms with Gasteiger partial charge in [0.1, 0.15) is 0 Å². The monoisotopic (exact) mass is 717 g/mol. The van der Waals surface area contributed by atoms with Crippen molar-refractivity contribution in [1.82, 2.24) is 0 Å². The van der Waals surface area contributed by atoms with Crippen molar-refractivity contribution in [1.29, 1.82) is 0 Å². The van der Waals surface area contributed by atoms with Crippen LogP contribution in [0.3, 0.4) is 0 Å². The lowest BCUT2D eigenvalue weighted by Crippen LogP contribution is -2.26. The highest BCUT2D eigenvalue weighted by Gasteiger charge is 2.52. The van der Waals surface area contributed by atoms with Crippen LogP contribution in [0.2, 0.25) is 0 Å². The zero-order valence-corrected chi connectivity index (χ0v) is 32.6. The molecule has 8 aromatic carbocycles. The lowest BCUT2D eigenvalue weighted by atomic mass is 9.70. The summed E-state index contributed by atoms with van der Waals surface area (Å²) in [7, 11) is 0. The molecule has 0 aliphatic heterocycles. The van der Waals surface area contributed by atoms with E-state index in [4.69, 9.17) is 0 Å². The molecule has 0 N–H and O–H groups in total. The molecule has 1 nitrogen and oxygen atoms in total. The highest BCUT2D eigenvalue weighted by atomic mass is 15.1. The number of nitrogens with zero attached hydrogens (tertiary/aromatic N) is 1. The van der Waals surface area contributed by atoms with Gasteiger partial charge in [0.2, 0.25) is 0 Å². The Morgan fingerprint density at radius 3 is 1.39 bits per heavy atom. The predicted molar refractivity (Wildman–Crippen MR) is 235 cm³/mol. The van der Waals surface area contributed by atoms with Crippen LogP contribution in [0.15, 0.2) is 170 Å². The normalized spacial score (nSPS) is 14.4. The van der Waals surface area contributed by atoms with E-state index < -0.39 is 5.41 Å². The minimum atomic E-state index is -0.436. The molecule has 0 radical (unpaired) electrons. The van der Waals surface area contributed by atoms with Crippen LogP contribution < -0.4 is 4.90 Å². The Morgan fingerprint density at radius 1 is 0.339 bits per heavy atom. The van der Waals surface area contributed by atoms with Gasteiger partial charge in [0.25, 0.3) is 0 Å². The molecule has 0 aromatic heterocycles. The Morgan fingerprint density at radius 2 is 0.768 bits per heavy atom. The van der Waals surface area contributed by atoms with Crippen molar-refractivity contribution in [3.05, 3.63) is 220 Å². The smallest absolute Gasteiger partial charge is 0.0726 e. The maximum absolute atomic E-state index is 2.53. The molecule has 1 spiro atoms. The van der Waals surface area contributed by atoms with Crippen LogP contribution in [0.25, 0.3) is 44.5 Å². The minimum Gasteiger partial charge on any atom is -0.310 e. The fraction of sp³-hybridized carbons (Fsp3) is 0.127. The molecule has 0 bridgehead atoms. The fourth-order valence-corrected chi connectivity index (χ4v) is 10.4. The number of fused-ring (bicyclic) bond motifs is 13. The Balaban J connectivity index is 1.20. The SMILES string of the molecule is Cc1ccc(-c2ccccc2N(c2ccc3c(c2)C(C)(C)c2ccccc2-3)c2ccc3c(c2)C2(c4ccccc4-3)c3cc(C)ccc3-c3ccc(C)cc32)cc1. The Kier molecular flexibility index (Phi) is 6.93. The molecule has 56 heavy (non-hydrogen) atoms. The largest absolute Gasteiger partial charge is 0.310 e. The first kappa shape index (κ1) is 32.9. The quantitative estimate of drug-likeness (QED) is 0.175. The van der Waals surface area contributed by atoms with Gasteiger partial charge in [-0.3, -0.25) is 0 Å². The van der Waals surface area contributed by atoms with E-state index in [0.717, 1.165) is 17.1 Å². The number of hydrogen-bond donors (Lipinski definition) is 0. The highest BCUT2D eigenvalue weighted by molar-refractivity contribution is 5.98. The molecule has 0 heterocycles. The van der Waals surface area contributed by atoms with Gasteiger partial charge in [0.05, 0.1) is 11.1 Å². The maximum Gasteiger partial charge on any atom is 0.0726 e. The Hall–Kier alpha value is -6.44. The second-order valence-electron chi connectivity index (χ2n) is 16.7. The molecular formula is C55H43N. The predicted octanol–water partition coefficient (Wildman–Crippen LogP) is 14.4. The first-order chi connectivity index (χ1) is 27.2. The Labute approximate surface area is 330 Å². The third kappa shape index (κ3) is 4.43. The molecule has 0 atom stereocenters. The van der Waals surface area contributed by atoms with Gasteiger partial charge in [0.15, 0.2) is 0 Å². The molecular weight excluding hydrogens is 675 g/mol. The summed E-state index contributed by atoms with van der Waals surface area (Å²) < 4.78 is 0. The van der Waals surface area contributed by atoms with Gasteiger partial charge in [-0.1, -0.05) is 170 Å². The van der Waals surface area contributed by atoms with E-state index in [-0.39, 0.29) is 5.41 Å². The second kappa shape index (κ2) is 11.8. The number of hydrogen-bond acceptors (Lipinski definition) is 1. The fourth-order valence-electron chi connectivity index (χ4n) is 10.4. The summed E-state index contributed by atoms with van der Waals surface area (Å²) in [5.41, 5.74) is 25.3. The van der Waals surface area contributed by atoms with Crippen molar-refractivity contribution >= 4 is 17.1 Å². The number of aryl methyl sites for hydroxylation is 3. The van der Waals surface area contributed by atoms with Crippen molar-refractivity contribution in [2.24, 2.45) is 0 Å². The van der Waals surface area contributed by atoms with Gasteiger partial charge in [0, 0.05) is 22.4 Å². The van der Waals surface area contributed by atoms with Gasteiger partial charge < -0.3 is 4.90 Å². The number of para-hydroxylation sites is 1. The van der Waals surface area contributed by atoms with Crippen LogP contribution in [-0.2, 0) is 10.8 Å². The van der Waals surface area contributed by atoms with Crippen molar-refractivity contribution in [2.45, 2.75) is 45.4 Å². The van der Waals surface area contributed by atoms with Gasteiger partial charge in [-0.15, -0.1) is 0 Å². The van der Waals surface area contributed by atoms with E-state index in [2.05, 4.69) is 209 Å². The third-order valence-corrected chi connectivity index (χ3v) is 13.1. The zero-order valence-electron chi connectivity index (χ0n) is 32.6. The van der Waals surface area contributed by atoms with E-state index >= 15 is 0 Å². The molecule has 0 saturated heterocycles. The van der Waals surface area contributed by atoms with Crippen molar-refractivity contribution in [3.63, 3.8) is 0 Å². The number of benzene rings is 8. The summed E-state index contributed by atoms with van der Waals surface area (Å²) in [6, 6.07) is 64.6. The van der Waals surface area contributed by atoms with Crippen LogP contribution in [0.5, 0.6) is 0 Å². The summed E-state index contributed by atoms with van der Waals surface area (Å²) in [4.78, 5) is 2.52. The number of anilines is 3. The molecule has 0 saturated carbocycles. The van der Waals surface area contributed by atoms with Crippen LogP contribution in [-0.4, -0.2) is 0 Å². The standard InChI is InChI=1S/C55H43N/c1-34-18-22-37(23-19-34)40-12-8-11-17-53(40)56(38-24-28-43-41-13-6-9-15-47(41)54(4,5)49(43)32-38)39-25-29-46-42-14-7-10-16-48(42)55(52(46)33-39)50-30-35(2)20-26-44(50)45-27-21-36(3)31-51(45)55/h6-33H,1-5H3. The van der Waals surface area contributed by atoms with E-state index in [1.54, 1.807) is 0 Å². The van der Waals surface area contributed by atoms with Crippen molar-refractivity contribution < 1.29 is 0 Å². The molecule has 1 heteroatoms. The molecule has 268 valence electrons. The van der Waals surface area contributed by atoms with Gasteiger partial charge in [-0.2, -0.15) is 0 Å². The third-order valence-electron chi connectivity index (χ3n) is 13.1. The summed E-state index contributed by atoms with van der Waals surface area (Å²) in [5.74, 6) is 0. The summed E-state index contributed by atoms with van der Waals surface area (Å²) in [6.07, 6.45) is 0. The first-order valence-electron chi connectivity index (χ1n) is 19.9. The van der Waals surface area contributed by atoms with Gasteiger partial charge >= 0.3 is 0 Å². The van der Waals surface area contributed by atoms with E-state index in [1.165, 1.54) is 94.6 Å². The molecule has 0 unspecified atom stereocenters. The number of rotatable bonds is 4. The summed E-state index contributed by atoms with van der Waals surface area (Å²) in [6.45, 7) is 11.4. The molecule has 0 fully saturated rings. The minimum absolute atomic E-state index is 0.124. The maximum atomic E-state index is 2.53. The van der Waals surface area contributed by atoms with E-state index in [9.17, 15) is 0 Å². The van der Waals surface area contributed by atoms with Crippen LogP contribution >= 0.6 is 0 Å². The van der Waals surface area contributed by atoms with Crippen molar-refractivity contribution in [2.75, 3.05) is 4.90 Å². The first-order valence-corrected chi connectivity index (χ1v) is 19.9. The summed E-state index contributed by atoms with van der Waals surface area (Å²) >= 11 is 0. The summed E-state index contributed by atoms with van der Waals surface area (Å²) in [5, 5.41) is 0. The lowest BCUT2D eigenvalue weighted by molar-refractivity contribution is 0.660. The zero-order chi connectivity index (χ0) is 37.9. The molecule has 8 aromatic rings. The van der Waals surface area contributed by atoms with E-state index in [0.29, 0.717) is 0 Å². The van der Waals surface area contributed by atoms with Crippen LogP contribution in [0, 0.1) is 20.8 Å². The second-order valence-corrected chi connectivity index (χ2v) is 16.7. The average molecular weight is 718 g/mol. The highest BCUT2D eigenvalue weighted by Crippen LogP contribution is 2.64. The van der Waals surface area contributed by atoms with Crippen molar-refractivity contribution in [3.8, 4) is 44.5 Å².